The van der Waals surface area contributed by atoms with Gasteiger partial charge in [-0.3, -0.25) is 4.98 Å². The van der Waals surface area contributed by atoms with Crippen LogP contribution in [0.25, 0.3) is 0 Å². The summed E-state index contributed by atoms with van der Waals surface area (Å²) in [6.07, 6.45) is 4.97. The molecule has 0 fully saturated rings. The molecule has 0 radical (unpaired) electrons. The first-order chi connectivity index (χ1) is 8.09. The number of aryl methyl sites for hydroxylation is 1. The highest BCUT2D eigenvalue weighted by atomic mass is 16.3. The molecule has 0 aromatic carbocycles. The van der Waals surface area contributed by atoms with Gasteiger partial charge in [0, 0.05) is 24.4 Å². The number of pyridine rings is 1. The summed E-state index contributed by atoms with van der Waals surface area (Å²) in [6.45, 7) is 4.36. The maximum Gasteiger partial charge on any atom is 0.0875 e. The average molecular weight is 234 g/mol. The van der Waals surface area contributed by atoms with Gasteiger partial charge in [0.25, 0.3) is 0 Å². The topological polar surface area (TPSA) is 59.1 Å². The summed E-state index contributed by atoms with van der Waals surface area (Å²) < 4.78 is 0. The van der Waals surface area contributed by atoms with E-state index < -0.39 is 5.60 Å². The van der Waals surface area contributed by atoms with Crippen molar-refractivity contribution in [3.05, 3.63) is 29.6 Å². The molecular weight excluding hydrogens is 212 g/mol. The van der Waals surface area contributed by atoms with Crippen molar-refractivity contribution in [1.82, 2.24) is 4.98 Å². The molecule has 0 aliphatic heterocycles. The molecule has 3 N–H and O–H groups in total. The van der Waals surface area contributed by atoms with E-state index in [4.69, 9.17) is 5.73 Å². The van der Waals surface area contributed by atoms with Crippen molar-refractivity contribution in [2.45, 2.75) is 44.6 Å². The lowest BCUT2D eigenvalue weighted by Crippen LogP contribution is -2.49. The third kappa shape index (κ3) is 2.09. The predicted molar refractivity (Wildman–Crippen MR) is 68.8 cm³/mol. The Morgan fingerprint density at radius 2 is 2.35 bits per heavy atom. The maximum atomic E-state index is 10.8. The molecule has 0 saturated heterocycles. The van der Waals surface area contributed by atoms with Crippen molar-refractivity contribution >= 4 is 0 Å². The lowest BCUT2D eigenvalue weighted by Gasteiger charge is -2.41. The second-order valence-corrected chi connectivity index (χ2v) is 5.34. The quantitative estimate of drug-likeness (QED) is 0.839. The average Bonchev–Trinajstić information content (AvgIpc) is 2.37. The molecular formula is C14H22N2O. The fourth-order valence-corrected chi connectivity index (χ4v) is 2.88. The van der Waals surface area contributed by atoms with Crippen LogP contribution >= 0.6 is 0 Å². The number of rotatable bonds is 3. The van der Waals surface area contributed by atoms with E-state index in [2.05, 4.69) is 11.1 Å². The number of hydrogen-bond acceptors (Lipinski definition) is 3. The standard InChI is InChI=1S/C14H22N2O/c1-10(2)14(17,9-15)12-7-3-5-11-6-4-8-16-13(11)12/h4,6,8,10,12,17H,3,5,7,9,15H2,1-2H3. The minimum absolute atomic E-state index is 0.0810. The number of fused-ring (bicyclic) bond motifs is 1. The summed E-state index contributed by atoms with van der Waals surface area (Å²) >= 11 is 0. The van der Waals surface area contributed by atoms with Crippen LogP contribution in [0.2, 0.25) is 0 Å². The fourth-order valence-electron chi connectivity index (χ4n) is 2.88. The number of nitrogens with zero attached hydrogens (tertiary/aromatic N) is 1. The number of hydrogen-bond donors (Lipinski definition) is 2. The van der Waals surface area contributed by atoms with E-state index in [0.717, 1.165) is 25.0 Å². The van der Waals surface area contributed by atoms with Crippen molar-refractivity contribution in [3.8, 4) is 0 Å². The van der Waals surface area contributed by atoms with Gasteiger partial charge < -0.3 is 10.8 Å². The largest absolute Gasteiger partial charge is 0.388 e. The summed E-state index contributed by atoms with van der Waals surface area (Å²) in [6, 6.07) is 4.09. The van der Waals surface area contributed by atoms with E-state index in [1.165, 1.54) is 5.56 Å². The van der Waals surface area contributed by atoms with Crippen LogP contribution < -0.4 is 5.73 Å². The van der Waals surface area contributed by atoms with Crippen LogP contribution in [0.3, 0.4) is 0 Å². The van der Waals surface area contributed by atoms with E-state index in [1.54, 1.807) is 0 Å². The van der Waals surface area contributed by atoms with Gasteiger partial charge in [-0.15, -0.1) is 0 Å². The maximum absolute atomic E-state index is 10.8. The van der Waals surface area contributed by atoms with Gasteiger partial charge in [0.15, 0.2) is 0 Å². The highest BCUT2D eigenvalue weighted by molar-refractivity contribution is 5.29. The summed E-state index contributed by atoms with van der Waals surface area (Å²) in [4.78, 5) is 4.48. The van der Waals surface area contributed by atoms with Gasteiger partial charge in [-0.05, 0) is 36.8 Å². The Labute approximate surface area is 103 Å². The van der Waals surface area contributed by atoms with Crippen molar-refractivity contribution in [2.24, 2.45) is 11.7 Å². The minimum Gasteiger partial charge on any atom is -0.388 e. The van der Waals surface area contributed by atoms with Crippen molar-refractivity contribution in [1.29, 1.82) is 0 Å². The molecule has 3 heteroatoms. The Balaban J connectivity index is 2.41. The van der Waals surface area contributed by atoms with Crippen LogP contribution in [-0.2, 0) is 6.42 Å². The highest BCUT2D eigenvalue weighted by Gasteiger charge is 2.41. The number of aliphatic hydroxyl groups is 1. The Morgan fingerprint density at radius 1 is 1.59 bits per heavy atom. The summed E-state index contributed by atoms with van der Waals surface area (Å²) in [5, 5.41) is 10.8. The molecule has 94 valence electrons. The molecule has 1 aromatic rings. The van der Waals surface area contributed by atoms with Crippen LogP contribution in [-0.4, -0.2) is 22.2 Å². The zero-order valence-electron chi connectivity index (χ0n) is 10.7. The van der Waals surface area contributed by atoms with Crippen molar-refractivity contribution < 1.29 is 5.11 Å². The zero-order valence-corrected chi connectivity index (χ0v) is 10.7. The molecule has 0 spiro atoms. The second-order valence-electron chi connectivity index (χ2n) is 5.34. The fraction of sp³-hybridized carbons (Fsp3) is 0.643. The van der Waals surface area contributed by atoms with E-state index in [-0.39, 0.29) is 11.8 Å². The van der Waals surface area contributed by atoms with Crippen LogP contribution in [0.15, 0.2) is 18.3 Å². The van der Waals surface area contributed by atoms with Gasteiger partial charge in [0.05, 0.1) is 5.60 Å². The molecule has 2 unspecified atom stereocenters. The van der Waals surface area contributed by atoms with Crippen LogP contribution in [0.1, 0.15) is 43.9 Å². The molecule has 2 atom stereocenters. The van der Waals surface area contributed by atoms with Crippen LogP contribution in [0, 0.1) is 5.92 Å². The summed E-state index contributed by atoms with van der Waals surface area (Å²) in [5.41, 5.74) is 7.32. The van der Waals surface area contributed by atoms with E-state index in [1.807, 2.05) is 26.1 Å². The molecule has 1 heterocycles. The third-order valence-corrected chi connectivity index (χ3v) is 4.13. The first-order valence-electron chi connectivity index (χ1n) is 6.46. The molecule has 1 aliphatic carbocycles. The monoisotopic (exact) mass is 234 g/mol. The Bertz CT molecular complexity index is 392. The number of nitrogens with two attached hydrogens (primary N) is 1. The Hall–Kier alpha value is -0.930. The van der Waals surface area contributed by atoms with Crippen molar-refractivity contribution in [3.63, 3.8) is 0 Å². The zero-order chi connectivity index (χ0) is 12.5. The Morgan fingerprint density at radius 3 is 3.00 bits per heavy atom. The Kier molecular flexibility index (Phi) is 3.50. The summed E-state index contributed by atoms with van der Waals surface area (Å²) in [7, 11) is 0. The molecule has 0 amide bonds. The highest BCUT2D eigenvalue weighted by Crippen LogP contribution is 2.40. The van der Waals surface area contributed by atoms with E-state index >= 15 is 0 Å². The van der Waals surface area contributed by atoms with Gasteiger partial charge in [0.2, 0.25) is 0 Å². The first kappa shape index (κ1) is 12.5. The van der Waals surface area contributed by atoms with E-state index in [9.17, 15) is 5.11 Å². The van der Waals surface area contributed by atoms with Gasteiger partial charge >= 0.3 is 0 Å². The van der Waals surface area contributed by atoms with Gasteiger partial charge in [-0.1, -0.05) is 19.9 Å². The second kappa shape index (κ2) is 4.75. The normalized spacial score (nSPS) is 23.2. The third-order valence-electron chi connectivity index (χ3n) is 4.13. The summed E-state index contributed by atoms with van der Waals surface area (Å²) in [5.74, 6) is 0.225. The molecule has 1 aliphatic rings. The van der Waals surface area contributed by atoms with Crippen LogP contribution in [0.5, 0.6) is 0 Å². The van der Waals surface area contributed by atoms with Crippen molar-refractivity contribution in [2.75, 3.05) is 6.54 Å². The van der Waals surface area contributed by atoms with Gasteiger partial charge in [0.1, 0.15) is 0 Å². The smallest absolute Gasteiger partial charge is 0.0875 e. The van der Waals surface area contributed by atoms with Gasteiger partial charge in [-0.25, -0.2) is 0 Å². The number of aromatic nitrogens is 1. The molecule has 1 aromatic heterocycles. The molecule has 3 nitrogen and oxygen atoms in total. The lowest BCUT2D eigenvalue weighted by molar-refractivity contribution is -0.0285. The molecule has 0 bridgehead atoms. The molecule has 2 rings (SSSR count). The lowest BCUT2D eigenvalue weighted by atomic mass is 9.71. The first-order valence-corrected chi connectivity index (χ1v) is 6.46. The van der Waals surface area contributed by atoms with Crippen LogP contribution in [0.4, 0.5) is 0 Å². The van der Waals surface area contributed by atoms with Gasteiger partial charge in [-0.2, -0.15) is 0 Å². The minimum atomic E-state index is -0.830. The molecule has 0 saturated carbocycles. The SMILES string of the molecule is CC(C)C(O)(CN)C1CCCc2cccnc21. The van der Waals surface area contributed by atoms with E-state index in [0.29, 0.717) is 6.54 Å². The molecule has 17 heavy (non-hydrogen) atoms. The predicted octanol–water partition coefficient (Wildman–Crippen LogP) is 1.85.